The molecule has 2 amide bonds. The Balaban J connectivity index is 0.000000177. The minimum absolute atomic E-state index is 0.0243. The number of halogens is 4. The second-order valence-electron chi connectivity index (χ2n) is 22.6. The Morgan fingerprint density at radius 2 is 1.00 bits per heavy atom. The van der Waals surface area contributed by atoms with Crippen LogP contribution >= 0.6 is 46.4 Å². The Labute approximate surface area is 513 Å². The van der Waals surface area contributed by atoms with Crippen molar-refractivity contribution in [3.05, 3.63) is 139 Å². The van der Waals surface area contributed by atoms with Gasteiger partial charge in [-0.1, -0.05) is 68.8 Å². The molecule has 0 radical (unpaired) electrons. The smallest absolute Gasteiger partial charge is 0.302 e. The van der Waals surface area contributed by atoms with Crippen LogP contribution in [-0.2, 0) is 52.3 Å². The summed E-state index contributed by atoms with van der Waals surface area (Å²) in [7, 11) is -7.64. The Hall–Kier alpha value is -5.75. The van der Waals surface area contributed by atoms with Crippen LogP contribution in [0.5, 0.6) is 0 Å². The highest BCUT2D eigenvalue weighted by molar-refractivity contribution is 7.90. The van der Waals surface area contributed by atoms with Crippen LogP contribution in [0.1, 0.15) is 126 Å². The highest BCUT2D eigenvalue weighted by Gasteiger charge is 2.47. The van der Waals surface area contributed by atoms with E-state index in [9.17, 15) is 31.2 Å². The fourth-order valence-corrected chi connectivity index (χ4v) is 15.3. The van der Waals surface area contributed by atoms with E-state index in [-0.39, 0.29) is 60.9 Å². The van der Waals surface area contributed by atoms with Crippen molar-refractivity contribution in [2.24, 2.45) is 11.8 Å². The largest absolute Gasteiger partial charge is 0.466 e. The molecule has 4 saturated carbocycles. The lowest BCUT2D eigenvalue weighted by molar-refractivity contribution is -0.140. The third-order valence-electron chi connectivity index (χ3n) is 16.6. The normalized spacial score (nSPS) is 21.5. The quantitative estimate of drug-likeness (QED) is 0.0398. The molecule has 6 atom stereocenters. The van der Waals surface area contributed by atoms with Crippen molar-refractivity contribution in [3.63, 3.8) is 0 Å². The van der Waals surface area contributed by atoms with Gasteiger partial charge in [0.15, 0.2) is 0 Å². The third-order valence-corrected chi connectivity index (χ3v) is 20.5. The van der Waals surface area contributed by atoms with Gasteiger partial charge in [0.2, 0.25) is 20.0 Å². The van der Waals surface area contributed by atoms with E-state index in [4.69, 9.17) is 74.8 Å². The van der Waals surface area contributed by atoms with Crippen LogP contribution in [0.3, 0.4) is 0 Å². The van der Waals surface area contributed by atoms with E-state index in [2.05, 4.69) is 29.6 Å². The van der Waals surface area contributed by atoms with Gasteiger partial charge in [-0.15, -0.1) is 0 Å². The Kier molecular flexibility index (Phi) is 18.6. The number of nitrogens with zero attached hydrogens (tertiary/aromatic N) is 4. The first kappa shape index (κ1) is 60.9. The predicted octanol–water partition coefficient (Wildman–Crippen LogP) is 10.9. The van der Waals surface area contributed by atoms with Gasteiger partial charge in [-0.25, -0.2) is 26.3 Å². The number of hydrogen-bond acceptors (Lipinski definition) is 17. The monoisotopic (exact) mass is 1280 g/mol. The van der Waals surface area contributed by atoms with E-state index >= 15 is 0 Å². The lowest BCUT2D eigenvalue weighted by Gasteiger charge is -2.33. The summed E-state index contributed by atoms with van der Waals surface area (Å²) in [6.45, 7) is 3.37. The average Bonchev–Trinajstić information content (AvgIpc) is 2.08. The van der Waals surface area contributed by atoms with Crippen LogP contribution in [0.15, 0.2) is 94.0 Å². The highest BCUT2D eigenvalue weighted by atomic mass is 35.5. The molecule has 4 heterocycles. The molecule has 4 bridgehead atoms. The van der Waals surface area contributed by atoms with Gasteiger partial charge in [-0.05, 0) is 137 Å². The molecule has 6 aromatic rings. The molecule has 2 aliphatic heterocycles. The molecule has 6 fully saturated rings. The van der Waals surface area contributed by atoms with Crippen LogP contribution < -0.4 is 19.2 Å². The Bertz CT molecular complexity index is 3630. The lowest BCUT2D eigenvalue weighted by atomic mass is 10.0. The van der Waals surface area contributed by atoms with Crippen LogP contribution in [0.25, 0.3) is 22.5 Å². The maximum atomic E-state index is 12.6. The number of amides is 2. The number of sulfonamides is 2. The molecule has 0 unspecified atom stereocenters. The van der Waals surface area contributed by atoms with Crippen LogP contribution in [-0.4, -0.2) is 112 Å². The lowest BCUT2D eigenvalue weighted by Crippen LogP contribution is -2.38. The number of esters is 1. The molecule has 3 N–H and O–H groups in total. The van der Waals surface area contributed by atoms with E-state index in [0.717, 1.165) is 98.5 Å². The van der Waals surface area contributed by atoms with E-state index in [0.29, 0.717) is 91.6 Å². The number of carbonyl (C=O) groups excluding carboxylic acids is 3. The number of anilines is 2. The summed E-state index contributed by atoms with van der Waals surface area (Å²) in [6.07, 6.45) is 8.38. The number of fused-ring (bicyclic) bond motifs is 4. The molecule has 2 saturated heterocycles. The van der Waals surface area contributed by atoms with Gasteiger partial charge < -0.3 is 38.2 Å². The van der Waals surface area contributed by atoms with Gasteiger partial charge >= 0.3 is 5.97 Å². The Morgan fingerprint density at radius 3 is 1.35 bits per heavy atom. The van der Waals surface area contributed by atoms with E-state index in [1.807, 2.05) is 24.3 Å². The zero-order chi connectivity index (χ0) is 59.7. The van der Waals surface area contributed by atoms with Crippen molar-refractivity contribution >= 4 is 95.6 Å². The molecule has 2 aromatic heterocycles. The minimum atomic E-state index is -3.85. The van der Waals surface area contributed by atoms with Crippen molar-refractivity contribution in [3.8, 4) is 22.5 Å². The van der Waals surface area contributed by atoms with Crippen molar-refractivity contribution in [1.82, 2.24) is 19.8 Å². The Morgan fingerprint density at radius 1 is 0.600 bits per heavy atom. The number of nitrogens with one attached hydrogen (secondary N) is 2. The molecule has 19 nitrogen and oxygen atoms in total. The van der Waals surface area contributed by atoms with Gasteiger partial charge in [-0.3, -0.25) is 14.4 Å². The number of aliphatic hydroxyl groups is 1. The molecular weight excluding hydrogens is 1220 g/mol. The average molecular weight is 1280 g/mol. The van der Waals surface area contributed by atoms with Crippen molar-refractivity contribution in [1.29, 1.82) is 0 Å². The third kappa shape index (κ3) is 14.2. The standard InChI is InChI=1S/C31H33Cl2N3O7S.C29H31Cl2N3O6S/c1-18(37)41-12-3-13-44(39,40)35-31(38)20-8-10-22(11-9-20)36-16-21-14-23(36)15-27(21)42-17-24-29(34-43-30(24)19-6-7-19)28-25(32)4-2-5-26(28)33;30-23-3-1-4-24(31)26(23)27-22(28(40-32-27)17-5-6-17)16-39-25-14-21-13-19(25)15-34(21)20-9-7-18(8-10-20)29(36)33-41(37,38)12-2-11-35/h2,4-5,8-11,19,21,23,27H,3,6-7,12-17H2,1H3,(H,35,38);1,3-4,7-10,17,19,21,25,35H,2,5-6,11-16H2,(H,33,36)/t21-,23-,27+;19-,21-,25+/m00/s1. The topological polar surface area (TPSA) is 250 Å². The summed E-state index contributed by atoms with van der Waals surface area (Å²) in [5, 5.41) is 19.7. The van der Waals surface area contributed by atoms with Gasteiger partial charge in [-0.2, -0.15) is 0 Å². The molecule has 6 aliphatic rings. The molecular formula is C60H64Cl4N6O13S2. The summed E-state index contributed by atoms with van der Waals surface area (Å²) < 4.78 is 81.9. The first-order valence-electron chi connectivity index (χ1n) is 28.5. The molecule has 4 aromatic carbocycles. The maximum Gasteiger partial charge on any atom is 0.302 e. The van der Waals surface area contributed by atoms with E-state index < -0.39 is 37.8 Å². The predicted molar refractivity (Wildman–Crippen MR) is 321 cm³/mol. The first-order valence-corrected chi connectivity index (χ1v) is 33.3. The first-order chi connectivity index (χ1) is 40.8. The summed E-state index contributed by atoms with van der Waals surface area (Å²) in [4.78, 5) is 40.5. The number of benzene rings is 4. The number of ether oxygens (including phenoxy) is 3. The number of hydrogen-bond donors (Lipinski definition) is 3. The van der Waals surface area contributed by atoms with Gasteiger partial charge in [0.1, 0.15) is 22.9 Å². The SMILES string of the molecule is CC(=O)OCCCS(=O)(=O)NC(=O)c1ccc(N2C[C@@H]3C[C@H]2C[C@H]3OCc2c(-c3c(Cl)cccc3Cl)noc2C2CC2)cc1.O=C(NS(=O)(=O)CCCO)c1ccc(N2C[C@@H]3C[C@H]2C[C@H]3OCc2c(-c3c(Cl)cccc3Cl)noc2C2CC2)cc1. The van der Waals surface area contributed by atoms with Crippen LogP contribution in [0.2, 0.25) is 20.1 Å². The molecule has 12 rings (SSSR count). The summed E-state index contributed by atoms with van der Waals surface area (Å²) in [6, 6.07) is 25.3. The van der Waals surface area contributed by atoms with Gasteiger partial charge in [0, 0.05) is 107 Å². The summed E-state index contributed by atoms with van der Waals surface area (Å²) >= 11 is 26.0. The fraction of sp³-hybridized carbons (Fsp3) is 0.450. The minimum Gasteiger partial charge on any atom is -0.466 e. The molecule has 85 heavy (non-hydrogen) atoms. The number of rotatable bonds is 23. The molecule has 25 heteroatoms. The highest BCUT2D eigenvalue weighted by Crippen LogP contribution is 2.50. The summed E-state index contributed by atoms with van der Waals surface area (Å²) in [5.74, 6) is 0.656. The number of carbonyl (C=O) groups is 3. The van der Waals surface area contributed by atoms with Crippen molar-refractivity contribution < 1.29 is 59.6 Å². The van der Waals surface area contributed by atoms with Crippen LogP contribution in [0, 0.1) is 11.8 Å². The second kappa shape index (κ2) is 25.9. The van der Waals surface area contributed by atoms with Crippen LogP contribution in [0.4, 0.5) is 11.4 Å². The van der Waals surface area contributed by atoms with Gasteiger partial charge in [0.25, 0.3) is 11.8 Å². The number of piperidine rings is 2. The molecule has 0 spiro atoms. The number of aliphatic hydroxyl groups excluding tert-OH is 1. The second-order valence-corrected chi connectivity index (χ2v) is 27.9. The fourth-order valence-electron chi connectivity index (χ4n) is 12.2. The molecule has 4 aliphatic carbocycles. The van der Waals surface area contributed by atoms with E-state index in [1.54, 1.807) is 60.7 Å². The number of aromatic nitrogens is 2. The van der Waals surface area contributed by atoms with Crippen molar-refractivity contribution in [2.45, 2.75) is 120 Å². The van der Waals surface area contributed by atoms with Crippen molar-refractivity contribution in [2.75, 3.05) is 47.6 Å². The van der Waals surface area contributed by atoms with E-state index in [1.165, 1.54) is 6.92 Å². The summed E-state index contributed by atoms with van der Waals surface area (Å²) in [5.41, 5.74) is 6.95. The maximum absolute atomic E-state index is 12.6. The molecule has 452 valence electrons. The van der Waals surface area contributed by atoms with Gasteiger partial charge in [0.05, 0.1) is 63.6 Å². The zero-order valence-corrected chi connectivity index (χ0v) is 51.0. The zero-order valence-electron chi connectivity index (χ0n) is 46.4.